The smallest absolute Gasteiger partial charge is 0.286 e. The molecule has 1 N–H and O–H groups in total. The van der Waals surface area contributed by atoms with Gasteiger partial charge < -0.3 is 5.32 Å². The van der Waals surface area contributed by atoms with Crippen molar-refractivity contribution in [2.75, 3.05) is 5.32 Å². The summed E-state index contributed by atoms with van der Waals surface area (Å²) in [4.78, 5) is 0.131. The molecule has 4 aromatic rings. The summed E-state index contributed by atoms with van der Waals surface area (Å²) < 4.78 is 27.7. The zero-order valence-electron chi connectivity index (χ0n) is 17.3. The summed E-state index contributed by atoms with van der Waals surface area (Å²) in [5, 5.41) is 11.3. The van der Waals surface area contributed by atoms with Gasteiger partial charge in [0.05, 0.1) is 4.90 Å². The molecule has 0 bridgehead atoms. The summed E-state index contributed by atoms with van der Waals surface area (Å²) >= 11 is 0. The molecule has 6 nitrogen and oxygen atoms in total. The maximum absolute atomic E-state index is 13.4. The first kappa shape index (κ1) is 20.6. The quantitative estimate of drug-likeness (QED) is 0.472. The van der Waals surface area contributed by atoms with Gasteiger partial charge in [0.1, 0.15) is 5.69 Å². The topological polar surface area (TPSA) is 76.9 Å². The molecule has 0 unspecified atom stereocenters. The van der Waals surface area contributed by atoms with E-state index in [1.54, 1.807) is 24.3 Å². The lowest BCUT2D eigenvalue weighted by atomic mass is 10.1. The third-order valence-electron chi connectivity index (χ3n) is 4.90. The van der Waals surface area contributed by atoms with Gasteiger partial charge in [-0.3, -0.25) is 0 Å². The number of nitrogens with zero attached hydrogens (tertiary/aromatic N) is 3. The fourth-order valence-electron chi connectivity index (χ4n) is 3.11. The van der Waals surface area contributed by atoms with Crippen LogP contribution in [0, 0.1) is 13.8 Å². The van der Waals surface area contributed by atoms with E-state index in [9.17, 15) is 8.42 Å². The highest BCUT2D eigenvalue weighted by Crippen LogP contribution is 2.31. The monoisotopic (exact) mass is 430 g/mol. The zero-order chi connectivity index (χ0) is 22.0. The number of anilines is 1. The molecule has 0 fully saturated rings. The van der Waals surface area contributed by atoms with Gasteiger partial charge >= 0.3 is 0 Å². The van der Waals surface area contributed by atoms with Crippen molar-refractivity contribution in [1.82, 2.24) is 14.4 Å². The number of hydrogen-bond donors (Lipinski definition) is 1. The first-order valence-corrected chi connectivity index (χ1v) is 11.2. The minimum Gasteiger partial charge on any atom is -0.338 e. The second-order valence-electron chi connectivity index (χ2n) is 7.28. The van der Waals surface area contributed by atoms with E-state index in [4.69, 9.17) is 0 Å². The largest absolute Gasteiger partial charge is 0.338 e. The van der Waals surface area contributed by atoms with Gasteiger partial charge in [-0.2, -0.15) is 8.42 Å². The number of nitrogens with one attached hydrogen (secondary N) is 1. The maximum atomic E-state index is 13.4. The summed E-state index contributed by atoms with van der Waals surface area (Å²) in [6.45, 7) is 7.97. The molecule has 1 heterocycles. The van der Waals surface area contributed by atoms with Crippen LogP contribution in [0.3, 0.4) is 0 Å². The zero-order valence-corrected chi connectivity index (χ0v) is 18.1. The standard InChI is InChI=1S/C24H22N4O2S/c1-17-9-13-21(14-10-17)23-24(25-19(3)20-7-5-4-6-8-20)28(27-26-23)31(29,30)22-15-11-18(2)12-16-22/h4-16,25H,3H2,1-2H3. The first-order chi connectivity index (χ1) is 14.9. The van der Waals surface area contributed by atoms with E-state index in [0.29, 0.717) is 11.4 Å². The Hall–Kier alpha value is -3.71. The molecule has 1 aromatic heterocycles. The van der Waals surface area contributed by atoms with E-state index >= 15 is 0 Å². The molecule has 0 saturated carbocycles. The Morgan fingerprint density at radius 3 is 2.06 bits per heavy atom. The van der Waals surface area contributed by atoms with Crippen molar-refractivity contribution in [2.24, 2.45) is 0 Å². The van der Waals surface area contributed by atoms with Gasteiger partial charge in [0.2, 0.25) is 0 Å². The van der Waals surface area contributed by atoms with Crippen LogP contribution in [0.15, 0.2) is 90.3 Å². The molecule has 0 aliphatic heterocycles. The molecule has 156 valence electrons. The van der Waals surface area contributed by atoms with E-state index in [2.05, 4.69) is 22.2 Å². The van der Waals surface area contributed by atoms with Crippen LogP contribution in [0.25, 0.3) is 17.0 Å². The molecule has 31 heavy (non-hydrogen) atoms. The van der Waals surface area contributed by atoms with Crippen LogP contribution >= 0.6 is 0 Å². The van der Waals surface area contributed by atoms with Crippen molar-refractivity contribution >= 4 is 21.5 Å². The second kappa shape index (κ2) is 8.20. The first-order valence-electron chi connectivity index (χ1n) is 9.72. The Morgan fingerprint density at radius 2 is 1.45 bits per heavy atom. The average molecular weight is 431 g/mol. The molecular formula is C24H22N4O2S. The van der Waals surface area contributed by atoms with Crippen molar-refractivity contribution < 1.29 is 8.42 Å². The van der Waals surface area contributed by atoms with Crippen LogP contribution in [0.4, 0.5) is 5.82 Å². The Labute approximate surface area is 181 Å². The number of aromatic nitrogens is 3. The van der Waals surface area contributed by atoms with Gasteiger partial charge in [-0.05, 0) is 36.8 Å². The van der Waals surface area contributed by atoms with Gasteiger partial charge in [-0.15, -0.1) is 9.19 Å². The summed E-state index contributed by atoms with van der Waals surface area (Å²) in [5.74, 6) is 0.235. The highest BCUT2D eigenvalue weighted by Gasteiger charge is 2.26. The molecule has 0 radical (unpaired) electrons. The summed E-state index contributed by atoms with van der Waals surface area (Å²) in [7, 11) is -3.97. The van der Waals surface area contributed by atoms with Crippen LogP contribution in [0.2, 0.25) is 0 Å². The average Bonchev–Trinajstić information content (AvgIpc) is 3.19. The van der Waals surface area contributed by atoms with Gasteiger partial charge in [0, 0.05) is 11.3 Å². The Kier molecular flexibility index (Phi) is 5.44. The summed E-state index contributed by atoms with van der Waals surface area (Å²) in [6.07, 6.45) is 0. The lowest BCUT2D eigenvalue weighted by Gasteiger charge is -2.13. The van der Waals surface area contributed by atoms with Crippen LogP contribution < -0.4 is 5.32 Å². The van der Waals surface area contributed by atoms with Gasteiger partial charge in [0.25, 0.3) is 10.0 Å². The number of rotatable bonds is 6. The van der Waals surface area contributed by atoms with Crippen molar-refractivity contribution in [3.8, 4) is 11.3 Å². The molecular weight excluding hydrogens is 408 g/mol. The third kappa shape index (κ3) is 4.13. The van der Waals surface area contributed by atoms with Gasteiger partial charge in [-0.1, -0.05) is 84.4 Å². The number of hydrogen-bond acceptors (Lipinski definition) is 5. The SMILES string of the molecule is C=C(Nc1c(-c2ccc(C)cc2)nnn1S(=O)(=O)c1ccc(C)cc1)c1ccccc1. The summed E-state index contributed by atoms with van der Waals surface area (Å²) in [5.41, 5.74) is 4.60. The predicted octanol–water partition coefficient (Wildman–Crippen LogP) is 4.88. The van der Waals surface area contributed by atoms with Gasteiger partial charge in [0.15, 0.2) is 5.82 Å². The minimum absolute atomic E-state index is 0.131. The lowest BCUT2D eigenvalue weighted by molar-refractivity contribution is 0.578. The number of benzene rings is 3. The second-order valence-corrected chi connectivity index (χ2v) is 9.05. The third-order valence-corrected chi connectivity index (χ3v) is 6.48. The summed E-state index contributed by atoms with van der Waals surface area (Å²) in [6, 6.07) is 23.8. The Balaban J connectivity index is 1.84. The van der Waals surface area contributed by atoms with Crippen LogP contribution in [-0.2, 0) is 10.0 Å². The molecule has 3 aromatic carbocycles. The van der Waals surface area contributed by atoms with Gasteiger partial charge in [-0.25, -0.2) is 0 Å². The van der Waals surface area contributed by atoms with E-state index in [0.717, 1.165) is 26.3 Å². The minimum atomic E-state index is -3.97. The highest BCUT2D eigenvalue weighted by molar-refractivity contribution is 7.90. The molecule has 0 aliphatic rings. The van der Waals surface area contributed by atoms with E-state index in [1.165, 1.54) is 0 Å². The molecule has 0 aliphatic carbocycles. The molecule has 4 rings (SSSR count). The van der Waals surface area contributed by atoms with Crippen molar-refractivity contribution in [3.63, 3.8) is 0 Å². The number of aryl methyl sites for hydroxylation is 2. The fraction of sp³-hybridized carbons (Fsp3) is 0.0833. The van der Waals surface area contributed by atoms with Crippen molar-refractivity contribution in [3.05, 3.63) is 102 Å². The van der Waals surface area contributed by atoms with Crippen molar-refractivity contribution in [1.29, 1.82) is 0 Å². The van der Waals surface area contributed by atoms with Crippen LogP contribution in [0.5, 0.6) is 0 Å². The van der Waals surface area contributed by atoms with Crippen LogP contribution in [-0.4, -0.2) is 22.8 Å². The maximum Gasteiger partial charge on any atom is 0.286 e. The Bertz CT molecular complexity index is 1320. The molecule has 7 heteroatoms. The van der Waals surface area contributed by atoms with E-state index in [-0.39, 0.29) is 10.7 Å². The van der Waals surface area contributed by atoms with E-state index in [1.807, 2.05) is 68.4 Å². The Morgan fingerprint density at radius 1 is 0.871 bits per heavy atom. The van der Waals surface area contributed by atoms with Crippen LogP contribution in [0.1, 0.15) is 16.7 Å². The predicted molar refractivity (Wildman–Crippen MR) is 123 cm³/mol. The molecule has 0 spiro atoms. The molecule has 0 atom stereocenters. The molecule has 0 amide bonds. The normalized spacial score (nSPS) is 11.3. The lowest BCUT2D eigenvalue weighted by Crippen LogP contribution is -2.17. The van der Waals surface area contributed by atoms with Crippen molar-refractivity contribution in [2.45, 2.75) is 18.7 Å². The fourth-order valence-corrected chi connectivity index (χ4v) is 4.30. The highest BCUT2D eigenvalue weighted by atomic mass is 32.2. The molecule has 0 saturated heterocycles. The van der Waals surface area contributed by atoms with E-state index < -0.39 is 10.0 Å².